The van der Waals surface area contributed by atoms with E-state index in [9.17, 15) is 4.39 Å². The van der Waals surface area contributed by atoms with Crippen molar-refractivity contribution in [3.63, 3.8) is 0 Å². The average molecular weight is 443 g/mol. The van der Waals surface area contributed by atoms with Crippen LogP contribution in [0.4, 0.5) is 15.8 Å². The summed E-state index contributed by atoms with van der Waals surface area (Å²) in [6, 6.07) is 9.49. The Morgan fingerprint density at radius 1 is 1.15 bits per heavy atom. The molecule has 0 fully saturated rings. The monoisotopic (exact) mass is 442 g/mol. The Bertz CT molecular complexity index is 1320. The molecule has 3 aromatic rings. The molecule has 33 heavy (non-hydrogen) atoms. The number of hydrogen-bond acceptors (Lipinski definition) is 3. The third-order valence-electron chi connectivity index (χ3n) is 6.14. The van der Waals surface area contributed by atoms with Gasteiger partial charge in [0, 0.05) is 39.5 Å². The van der Waals surface area contributed by atoms with Crippen LogP contribution in [0.1, 0.15) is 49.1 Å². The number of hydrogen-bond donors (Lipinski definition) is 3. The van der Waals surface area contributed by atoms with Crippen LogP contribution in [0.15, 0.2) is 67.5 Å². The first-order chi connectivity index (χ1) is 15.8. The first-order valence-corrected chi connectivity index (χ1v) is 11.3. The van der Waals surface area contributed by atoms with Gasteiger partial charge in [-0.05, 0) is 55.2 Å². The van der Waals surface area contributed by atoms with E-state index < -0.39 is 0 Å². The van der Waals surface area contributed by atoms with Gasteiger partial charge >= 0.3 is 0 Å². The first kappa shape index (κ1) is 22.5. The lowest BCUT2D eigenvalue weighted by molar-refractivity contribution is 0.602. The highest BCUT2D eigenvalue weighted by Crippen LogP contribution is 2.39. The van der Waals surface area contributed by atoms with Gasteiger partial charge in [-0.3, -0.25) is 0 Å². The zero-order chi connectivity index (χ0) is 23.7. The lowest BCUT2D eigenvalue weighted by Crippen LogP contribution is -2.11. The maximum Gasteiger partial charge on any atom is 0.130 e. The van der Waals surface area contributed by atoms with Crippen LogP contribution >= 0.6 is 0 Å². The van der Waals surface area contributed by atoms with Crippen LogP contribution in [-0.2, 0) is 13.0 Å². The first-order valence-electron chi connectivity index (χ1n) is 11.3. The van der Waals surface area contributed by atoms with Crippen molar-refractivity contribution in [2.45, 2.75) is 39.7 Å². The molecule has 0 atom stereocenters. The number of nitrogens with two attached hydrogens (primary N) is 2. The van der Waals surface area contributed by atoms with Gasteiger partial charge in [0.2, 0.25) is 0 Å². The molecule has 170 valence electrons. The number of nitrogen functional groups attached to an aromatic ring is 2. The molecule has 2 aromatic carbocycles. The van der Waals surface area contributed by atoms with Crippen molar-refractivity contribution in [3.05, 3.63) is 95.7 Å². The minimum absolute atomic E-state index is 0.248. The zero-order valence-corrected chi connectivity index (χ0v) is 19.3. The molecule has 2 heterocycles. The Morgan fingerprint density at radius 2 is 1.91 bits per heavy atom. The Morgan fingerprint density at radius 3 is 2.61 bits per heavy atom. The molecule has 1 aromatic heterocycles. The quantitative estimate of drug-likeness (QED) is 0.372. The molecule has 0 bridgehead atoms. The summed E-state index contributed by atoms with van der Waals surface area (Å²) in [5, 5.41) is 4.29. The summed E-state index contributed by atoms with van der Waals surface area (Å²) >= 11 is 0. The van der Waals surface area contributed by atoms with Crippen LogP contribution in [0.3, 0.4) is 0 Å². The molecule has 5 N–H and O–H groups in total. The third kappa shape index (κ3) is 4.19. The Kier molecular flexibility index (Phi) is 6.14. The molecular weight excluding hydrogens is 411 g/mol. The molecule has 0 saturated carbocycles. The SMILES string of the molecule is C=C1NC=CC=C1c1c(C(=C)C)n(Cc2cc(N)c(N)cc2F)c2cc(CCCC)ccc12. The summed E-state index contributed by atoms with van der Waals surface area (Å²) in [6.07, 6.45) is 9.12. The molecule has 4 rings (SSSR count). The number of dihydropyridines is 1. The topological polar surface area (TPSA) is 69.0 Å². The molecule has 5 heteroatoms. The van der Waals surface area contributed by atoms with Gasteiger partial charge in [0.25, 0.3) is 0 Å². The fourth-order valence-corrected chi connectivity index (χ4v) is 4.46. The summed E-state index contributed by atoms with van der Waals surface area (Å²) in [4.78, 5) is 0. The summed E-state index contributed by atoms with van der Waals surface area (Å²) in [5.41, 5.74) is 20.0. The molecule has 0 spiro atoms. The number of nitrogens with one attached hydrogen (secondary N) is 1. The number of nitrogens with zero attached hydrogens (tertiary/aromatic N) is 1. The number of anilines is 2. The molecular formula is C28H31FN4. The predicted molar refractivity (Wildman–Crippen MR) is 139 cm³/mol. The minimum Gasteiger partial charge on any atom is -0.397 e. The van der Waals surface area contributed by atoms with Gasteiger partial charge < -0.3 is 21.4 Å². The highest BCUT2D eigenvalue weighted by Gasteiger charge is 2.23. The second-order valence-electron chi connectivity index (χ2n) is 8.68. The smallest absolute Gasteiger partial charge is 0.130 e. The van der Waals surface area contributed by atoms with Gasteiger partial charge in [-0.25, -0.2) is 4.39 Å². The van der Waals surface area contributed by atoms with Crippen molar-refractivity contribution in [1.82, 2.24) is 9.88 Å². The largest absolute Gasteiger partial charge is 0.397 e. The van der Waals surface area contributed by atoms with E-state index in [0.29, 0.717) is 17.8 Å². The van der Waals surface area contributed by atoms with Crippen LogP contribution in [0, 0.1) is 5.82 Å². The molecule has 4 nitrogen and oxygen atoms in total. The number of halogens is 1. The van der Waals surface area contributed by atoms with E-state index in [0.717, 1.165) is 58.3 Å². The van der Waals surface area contributed by atoms with Gasteiger partial charge in [-0.15, -0.1) is 0 Å². The van der Waals surface area contributed by atoms with Crippen molar-refractivity contribution in [2.75, 3.05) is 11.5 Å². The Hall–Kier alpha value is -3.73. The summed E-state index contributed by atoms with van der Waals surface area (Å²) in [5.74, 6) is -0.370. The van der Waals surface area contributed by atoms with Gasteiger partial charge in [-0.1, -0.05) is 44.7 Å². The molecule has 0 unspecified atom stereocenters. The highest BCUT2D eigenvalue weighted by molar-refractivity contribution is 6.02. The molecule has 0 radical (unpaired) electrons. The Labute approximate surface area is 194 Å². The van der Waals surface area contributed by atoms with E-state index in [4.69, 9.17) is 11.5 Å². The number of fused-ring (bicyclic) bond motifs is 1. The molecule has 0 amide bonds. The maximum absolute atomic E-state index is 14.9. The average Bonchev–Trinajstić information content (AvgIpc) is 3.10. The van der Waals surface area contributed by atoms with E-state index in [1.807, 2.05) is 19.2 Å². The maximum atomic E-state index is 14.9. The third-order valence-corrected chi connectivity index (χ3v) is 6.14. The van der Waals surface area contributed by atoms with Crippen molar-refractivity contribution < 1.29 is 4.39 Å². The van der Waals surface area contributed by atoms with E-state index in [1.165, 1.54) is 11.6 Å². The predicted octanol–water partition coefficient (Wildman–Crippen LogP) is 6.38. The van der Waals surface area contributed by atoms with E-state index in [2.05, 4.69) is 54.2 Å². The number of allylic oxidation sites excluding steroid dienone is 4. The number of rotatable bonds is 7. The van der Waals surface area contributed by atoms with Crippen LogP contribution < -0.4 is 16.8 Å². The van der Waals surface area contributed by atoms with E-state index in [1.54, 1.807) is 6.07 Å². The lowest BCUT2D eigenvalue weighted by atomic mass is 9.95. The van der Waals surface area contributed by atoms with Crippen molar-refractivity contribution >= 4 is 33.4 Å². The fraction of sp³-hybridized carbons (Fsp3) is 0.214. The number of unbranched alkanes of at least 4 members (excludes halogenated alkanes) is 1. The van der Waals surface area contributed by atoms with Crippen molar-refractivity contribution in [2.24, 2.45) is 0 Å². The van der Waals surface area contributed by atoms with E-state index >= 15 is 0 Å². The van der Waals surface area contributed by atoms with Gasteiger partial charge in [-0.2, -0.15) is 0 Å². The second-order valence-corrected chi connectivity index (χ2v) is 8.68. The molecule has 0 aliphatic carbocycles. The van der Waals surface area contributed by atoms with Crippen molar-refractivity contribution in [1.29, 1.82) is 0 Å². The summed E-state index contributed by atoms with van der Waals surface area (Å²) < 4.78 is 17.0. The van der Waals surface area contributed by atoms with Crippen LogP contribution in [0.2, 0.25) is 0 Å². The normalized spacial score (nSPS) is 13.3. The van der Waals surface area contributed by atoms with Crippen molar-refractivity contribution in [3.8, 4) is 0 Å². The highest BCUT2D eigenvalue weighted by atomic mass is 19.1. The Balaban J connectivity index is 2.00. The van der Waals surface area contributed by atoms with Gasteiger partial charge in [0.1, 0.15) is 5.82 Å². The van der Waals surface area contributed by atoms with Gasteiger partial charge in [0.05, 0.1) is 23.6 Å². The molecule has 1 aliphatic heterocycles. The van der Waals surface area contributed by atoms with Crippen LogP contribution in [0.25, 0.3) is 22.0 Å². The lowest BCUT2D eigenvalue weighted by Gasteiger charge is -2.17. The van der Waals surface area contributed by atoms with Gasteiger partial charge in [0.15, 0.2) is 0 Å². The second kappa shape index (κ2) is 9.02. The summed E-state index contributed by atoms with van der Waals surface area (Å²) in [6.45, 7) is 13.0. The molecule has 0 saturated heterocycles. The summed E-state index contributed by atoms with van der Waals surface area (Å²) in [7, 11) is 0. The minimum atomic E-state index is -0.370. The number of benzene rings is 2. The molecule has 1 aliphatic rings. The van der Waals surface area contributed by atoms with E-state index in [-0.39, 0.29) is 11.5 Å². The van der Waals surface area contributed by atoms with Crippen LogP contribution in [0.5, 0.6) is 0 Å². The fourth-order valence-electron chi connectivity index (χ4n) is 4.46. The zero-order valence-electron chi connectivity index (χ0n) is 19.3. The number of aromatic nitrogens is 1. The number of aryl methyl sites for hydroxylation is 1. The standard InChI is InChI=1S/C28H31FN4/c1-5-6-8-19-10-11-22-26(13-19)33(16-20-14-24(30)25(31)15-23(20)29)28(17(2)3)27(22)21-9-7-12-32-18(21)4/h7,9-15,32H,2,4-6,8,16,30-31H2,1,3H3. The van der Waals surface area contributed by atoms with Crippen LogP contribution in [-0.4, -0.2) is 4.57 Å².